The first-order valence-electron chi connectivity index (χ1n) is 6.92. The molecular weight excluding hydrogens is 284 g/mol. The van der Waals surface area contributed by atoms with Crippen LogP contribution in [-0.4, -0.2) is 29.1 Å². The summed E-state index contributed by atoms with van der Waals surface area (Å²) in [6, 6.07) is 7.69. The van der Waals surface area contributed by atoms with E-state index in [-0.39, 0.29) is 0 Å². The molecule has 5 nitrogen and oxygen atoms in total. The van der Waals surface area contributed by atoms with Crippen molar-refractivity contribution in [1.82, 2.24) is 15.6 Å². The van der Waals surface area contributed by atoms with E-state index in [1.165, 1.54) is 4.88 Å². The molecule has 21 heavy (non-hydrogen) atoms. The summed E-state index contributed by atoms with van der Waals surface area (Å²) in [4.78, 5) is 9.66. The molecule has 0 aliphatic carbocycles. The van der Waals surface area contributed by atoms with Crippen molar-refractivity contribution in [3.05, 3.63) is 52.5 Å². The van der Waals surface area contributed by atoms with Gasteiger partial charge in [0.05, 0.1) is 12.6 Å². The Kier molecular flexibility index (Phi) is 6.18. The Bertz CT molecular complexity index is 542. The minimum absolute atomic E-state index is 0.403. The van der Waals surface area contributed by atoms with Crippen molar-refractivity contribution >= 4 is 17.3 Å². The number of thiophene rings is 1. The van der Waals surface area contributed by atoms with Gasteiger partial charge in [0.1, 0.15) is 0 Å². The van der Waals surface area contributed by atoms with E-state index < -0.39 is 6.10 Å². The van der Waals surface area contributed by atoms with Crippen molar-refractivity contribution in [3.63, 3.8) is 0 Å². The summed E-state index contributed by atoms with van der Waals surface area (Å²) in [6.45, 7) is 3.84. The molecule has 0 bridgehead atoms. The highest BCUT2D eigenvalue weighted by atomic mass is 32.1. The number of aliphatic imine (C=N–C) groups is 1. The van der Waals surface area contributed by atoms with Gasteiger partial charge in [0, 0.05) is 30.4 Å². The molecule has 2 rings (SSSR count). The second-order valence-corrected chi connectivity index (χ2v) is 5.48. The maximum absolute atomic E-state index is 10.1. The molecule has 6 heteroatoms. The Hall–Kier alpha value is -1.92. The van der Waals surface area contributed by atoms with Gasteiger partial charge >= 0.3 is 0 Å². The predicted molar refractivity (Wildman–Crippen MR) is 86.3 cm³/mol. The molecule has 0 fully saturated rings. The van der Waals surface area contributed by atoms with Gasteiger partial charge in [-0.25, -0.2) is 4.99 Å². The molecule has 0 spiro atoms. The van der Waals surface area contributed by atoms with E-state index in [9.17, 15) is 5.11 Å². The van der Waals surface area contributed by atoms with Gasteiger partial charge in [-0.3, -0.25) is 4.98 Å². The molecule has 0 saturated heterocycles. The van der Waals surface area contributed by atoms with Crippen molar-refractivity contribution in [2.75, 3.05) is 13.1 Å². The van der Waals surface area contributed by atoms with Crippen LogP contribution >= 0.6 is 11.3 Å². The van der Waals surface area contributed by atoms with Crippen LogP contribution in [0.25, 0.3) is 0 Å². The number of guanidine groups is 1. The lowest BCUT2D eigenvalue weighted by molar-refractivity contribution is 0.180. The zero-order valence-corrected chi connectivity index (χ0v) is 12.8. The molecule has 0 saturated carbocycles. The Morgan fingerprint density at radius 2 is 2.14 bits per heavy atom. The van der Waals surface area contributed by atoms with Gasteiger partial charge in [-0.2, -0.15) is 0 Å². The zero-order chi connectivity index (χ0) is 14.9. The lowest BCUT2D eigenvalue weighted by Gasteiger charge is -2.15. The highest BCUT2D eigenvalue weighted by molar-refractivity contribution is 7.09. The zero-order valence-electron chi connectivity index (χ0n) is 12.0. The third-order valence-electron chi connectivity index (χ3n) is 2.87. The summed E-state index contributed by atoms with van der Waals surface area (Å²) >= 11 is 1.69. The van der Waals surface area contributed by atoms with E-state index in [0.29, 0.717) is 19.0 Å². The number of pyridine rings is 1. The van der Waals surface area contributed by atoms with Gasteiger partial charge in [-0.05, 0) is 36.1 Å². The second-order valence-electron chi connectivity index (χ2n) is 4.45. The summed E-state index contributed by atoms with van der Waals surface area (Å²) in [5.74, 6) is 0.707. The maximum Gasteiger partial charge on any atom is 0.191 e. The van der Waals surface area contributed by atoms with Crippen LogP contribution in [0.15, 0.2) is 47.0 Å². The lowest BCUT2D eigenvalue weighted by Crippen LogP contribution is -2.39. The molecule has 2 aromatic rings. The number of aromatic nitrogens is 1. The van der Waals surface area contributed by atoms with Crippen LogP contribution in [0, 0.1) is 0 Å². The molecule has 0 aliphatic heterocycles. The molecule has 1 atom stereocenters. The monoisotopic (exact) mass is 304 g/mol. The van der Waals surface area contributed by atoms with Crippen LogP contribution in [0.1, 0.15) is 23.5 Å². The van der Waals surface area contributed by atoms with E-state index in [0.717, 1.165) is 12.1 Å². The van der Waals surface area contributed by atoms with E-state index in [1.807, 2.05) is 30.5 Å². The lowest BCUT2D eigenvalue weighted by atomic mass is 10.1. The molecule has 0 amide bonds. The summed E-state index contributed by atoms with van der Waals surface area (Å²) in [5.41, 5.74) is 0.839. The van der Waals surface area contributed by atoms with E-state index >= 15 is 0 Å². The van der Waals surface area contributed by atoms with Crippen molar-refractivity contribution < 1.29 is 5.11 Å². The van der Waals surface area contributed by atoms with Crippen molar-refractivity contribution in [1.29, 1.82) is 0 Å². The van der Waals surface area contributed by atoms with Crippen molar-refractivity contribution in [2.45, 2.75) is 19.6 Å². The first-order valence-corrected chi connectivity index (χ1v) is 7.80. The number of hydrogen-bond donors (Lipinski definition) is 3. The normalized spacial score (nSPS) is 13.0. The van der Waals surface area contributed by atoms with Crippen LogP contribution in [0.2, 0.25) is 0 Å². The molecule has 0 aromatic carbocycles. The minimum Gasteiger partial charge on any atom is -0.387 e. The fourth-order valence-corrected chi connectivity index (χ4v) is 2.43. The Morgan fingerprint density at radius 3 is 2.81 bits per heavy atom. The number of rotatable bonds is 6. The highest BCUT2D eigenvalue weighted by Crippen LogP contribution is 2.10. The predicted octanol–water partition coefficient (Wildman–Crippen LogP) is 1.93. The third-order valence-corrected chi connectivity index (χ3v) is 3.73. The van der Waals surface area contributed by atoms with Gasteiger partial charge in [0.2, 0.25) is 0 Å². The number of hydrogen-bond acceptors (Lipinski definition) is 4. The van der Waals surface area contributed by atoms with Crippen LogP contribution in [0.5, 0.6) is 0 Å². The van der Waals surface area contributed by atoms with E-state index in [4.69, 9.17) is 0 Å². The van der Waals surface area contributed by atoms with Gasteiger partial charge in [-0.1, -0.05) is 6.07 Å². The average molecular weight is 304 g/mol. The summed E-state index contributed by atoms with van der Waals surface area (Å²) in [6.07, 6.45) is 2.77. The smallest absolute Gasteiger partial charge is 0.191 e. The molecule has 1 unspecified atom stereocenters. The first-order chi connectivity index (χ1) is 10.3. The van der Waals surface area contributed by atoms with Gasteiger partial charge in [0.25, 0.3) is 0 Å². The summed E-state index contributed by atoms with van der Waals surface area (Å²) < 4.78 is 0. The molecule has 3 N–H and O–H groups in total. The topological polar surface area (TPSA) is 69.5 Å². The minimum atomic E-state index is -0.585. The van der Waals surface area contributed by atoms with Crippen LogP contribution in [0.3, 0.4) is 0 Å². The molecular formula is C15H20N4OS. The molecule has 112 valence electrons. The molecule has 2 heterocycles. The first kappa shape index (κ1) is 15.5. The van der Waals surface area contributed by atoms with Crippen molar-refractivity contribution in [2.24, 2.45) is 4.99 Å². The van der Waals surface area contributed by atoms with Gasteiger partial charge < -0.3 is 15.7 Å². The Morgan fingerprint density at radius 1 is 1.33 bits per heavy atom. The van der Waals surface area contributed by atoms with Crippen molar-refractivity contribution in [3.8, 4) is 0 Å². The second kappa shape index (κ2) is 8.39. The van der Waals surface area contributed by atoms with E-state index in [2.05, 4.69) is 26.7 Å². The number of aliphatic hydroxyl groups is 1. The van der Waals surface area contributed by atoms with E-state index in [1.54, 1.807) is 23.7 Å². The number of nitrogens with one attached hydrogen (secondary N) is 2. The Labute approximate surface area is 128 Å². The van der Waals surface area contributed by atoms with Crippen LogP contribution < -0.4 is 10.6 Å². The van der Waals surface area contributed by atoms with Crippen LogP contribution in [0.4, 0.5) is 0 Å². The average Bonchev–Trinajstić information content (AvgIpc) is 3.04. The fourth-order valence-electron chi connectivity index (χ4n) is 1.80. The van der Waals surface area contributed by atoms with Crippen LogP contribution in [-0.2, 0) is 6.54 Å². The quantitative estimate of drug-likeness (QED) is 0.563. The van der Waals surface area contributed by atoms with Gasteiger partial charge in [-0.15, -0.1) is 11.3 Å². The largest absolute Gasteiger partial charge is 0.387 e. The highest BCUT2D eigenvalue weighted by Gasteiger charge is 2.07. The SMILES string of the molecule is CCNC(=NCc1cccs1)NCC(O)c1ccncc1. The molecule has 0 radical (unpaired) electrons. The Balaban J connectivity index is 1.89. The summed E-state index contributed by atoms with van der Waals surface area (Å²) in [5, 5.41) is 18.5. The summed E-state index contributed by atoms with van der Waals surface area (Å²) in [7, 11) is 0. The van der Waals surface area contributed by atoms with Gasteiger partial charge in [0.15, 0.2) is 5.96 Å². The molecule has 2 aromatic heterocycles. The number of aliphatic hydroxyl groups excluding tert-OH is 1. The fraction of sp³-hybridized carbons (Fsp3) is 0.333. The molecule has 0 aliphatic rings. The third kappa shape index (κ3) is 5.17. The number of nitrogens with zero attached hydrogens (tertiary/aromatic N) is 2. The standard InChI is InChI=1S/C15H20N4OS/c1-2-17-15(18-10-13-4-3-9-21-13)19-11-14(20)12-5-7-16-8-6-12/h3-9,14,20H,2,10-11H2,1H3,(H2,17,18,19). The maximum atomic E-state index is 10.1.